The molecule has 0 radical (unpaired) electrons. The van der Waals surface area contributed by atoms with Gasteiger partial charge in [0.1, 0.15) is 0 Å². The van der Waals surface area contributed by atoms with Gasteiger partial charge in [0.15, 0.2) is 0 Å². The third-order valence-electron chi connectivity index (χ3n) is 12.8. The standard InChI is InChI=1S/C52H96N8O8.2Ni/c1-45(2)33-53-37-50(10)42(62)58-46(3,4)34-54-38-49(9,41(61)57-45)65-29-25-21-17-13-14-19-23-27-31-67-51(11)39-55-35-48(7,8)60-44(64)52(12,40-56-36-47(5,6)59-43(51)63)68-32-28-24-20-16-15-18-22-26-30-66-50;;/h13-40H2,1-12H3,(H4,57,58,59,60,61,62,63,64);;/q-4;2*+2/p-4. The van der Waals surface area contributed by atoms with E-state index in [-0.39, 0.29) is 109 Å². The SMILES string of the molecule is CC1(C)C[N-]CC2(C)OCCCCCCCCCCOC3(C)C[N-]CC(C)(C)[N-]C(=O)C(C)(C[N-]CC(C)(C)[N-]C3=O)OCCCCCCCCCCOC(C)(C[N-]CC(C)(C)[N-]C2=O)C(=O)[N-]1.[Ni+2].[Ni+2]. The van der Waals surface area contributed by atoms with Gasteiger partial charge in [-0.25, -0.2) is 0 Å². The molecule has 0 saturated carbocycles. The summed E-state index contributed by atoms with van der Waals surface area (Å²) in [6.45, 7) is 24.9. The molecule has 6 rings (SSSR count). The molecule has 0 aromatic carbocycles. The van der Waals surface area contributed by atoms with Crippen LogP contribution in [0.2, 0.25) is 0 Å². The van der Waals surface area contributed by atoms with E-state index >= 15 is 0 Å². The van der Waals surface area contributed by atoms with E-state index in [0.29, 0.717) is 26.4 Å². The monoisotopic (exact) mass is 1070 g/mol. The number of carbonyl (C=O) groups is 4. The van der Waals surface area contributed by atoms with Gasteiger partial charge in [-0.2, -0.15) is 26.2 Å². The van der Waals surface area contributed by atoms with Crippen LogP contribution in [0.15, 0.2) is 0 Å². The molecule has 4 unspecified atom stereocenters. The summed E-state index contributed by atoms with van der Waals surface area (Å²) in [5, 5.41) is 37.4. The number of hydrogen-bond donors (Lipinski definition) is 0. The maximum absolute atomic E-state index is 13.8. The van der Waals surface area contributed by atoms with Crippen LogP contribution in [0.5, 0.6) is 0 Å². The van der Waals surface area contributed by atoms with E-state index < -0.39 is 44.6 Å². The van der Waals surface area contributed by atoms with Crippen LogP contribution in [0.4, 0.5) is 0 Å². The van der Waals surface area contributed by atoms with Gasteiger partial charge in [-0.05, 0) is 53.4 Å². The second-order valence-electron chi connectivity index (χ2n) is 23.1. The van der Waals surface area contributed by atoms with Crippen molar-refractivity contribution in [2.45, 2.75) is 230 Å². The zero-order chi connectivity index (χ0) is 50.6. The minimum atomic E-state index is -1.25. The Morgan fingerprint density at radius 2 is 0.429 bits per heavy atom. The molecule has 0 N–H and O–H groups in total. The smallest absolute Gasteiger partial charge is 0.660 e. The largest absolute Gasteiger partial charge is 2.00 e. The maximum atomic E-state index is 13.8. The van der Waals surface area contributed by atoms with Crippen molar-refractivity contribution in [2.75, 3.05) is 78.8 Å². The van der Waals surface area contributed by atoms with E-state index in [1.807, 2.05) is 55.4 Å². The minimum absolute atomic E-state index is 0. The molecule has 70 heavy (non-hydrogen) atoms. The van der Waals surface area contributed by atoms with Gasteiger partial charge in [-0.3, -0.25) is 0 Å². The Morgan fingerprint density at radius 3 is 0.600 bits per heavy atom. The van der Waals surface area contributed by atoms with E-state index in [0.717, 1.165) is 103 Å². The van der Waals surface area contributed by atoms with Crippen LogP contribution in [0.25, 0.3) is 42.5 Å². The predicted octanol–water partition coefficient (Wildman–Crippen LogP) is 11.6. The van der Waals surface area contributed by atoms with Gasteiger partial charge in [0.05, 0.1) is 46.0 Å². The number of amides is 4. The number of rotatable bonds is 0. The molecule has 16 nitrogen and oxygen atoms in total. The van der Waals surface area contributed by atoms with Crippen molar-refractivity contribution >= 4 is 23.6 Å². The van der Waals surface area contributed by atoms with Gasteiger partial charge in [-0.15, -0.1) is 48.3 Å². The van der Waals surface area contributed by atoms with E-state index in [2.05, 4.69) is 21.3 Å². The second-order valence-corrected chi connectivity index (χ2v) is 23.1. The quantitative estimate of drug-likeness (QED) is 0.212. The molecular weight excluding hydrogens is 982 g/mol. The van der Waals surface area contributed by atoms with Crippen LogP contribution in [0, 0.1) is 0 Å². The molecular formula is C52H92N8Ni2O8-4. The summed E-state index contributed by atoms with van der Waals surface area (Å²) in [7, 11) is 0. The molecule has 6 aliphatic rings. The fourth-order valence-corrected chi connectivity index (χ4v) is 8.30. The molecule has 6 aliphatic heterocycles. The molecule has 6 heterocycles. The number of nitrogens with zero attached hydrogens (tertiary/aromatic N) is 8. The van der Waals surface area contributed by atoms with Gasteiger partial charge >= 0.3 is 33.0 Å². The first kappa shape index (κ1) is 66.6. The van der Waals surface area contributed by atoms with Crippen LogP contribution < -0.4 is 0 Å². The Hall–Kier alpha value is -1.45. The Labute approximate surface area is 444 Å². The first-order chi connectivity index (χ1) is 31.8. The van der Waals surface area contributed by atoms with Crippen LogP contribution in [-0.2, 0) is 71.1 Å². The molecule has 0 aliphatic carbocycles. The van der Waals surface area contributed by atoms with Gasteiger partial charge in [0.2, 0.25) is 0 Å². The van der Waals surface area contributed by atoms with Crippen molar-refractivity contribution in [3.05, 3.63) is 42.5 Å². The third-order valence-corrected chi connectivity index (χ3v) is 12.8. The molecule has 0 aromatic rings. The fourth-order valence-electron chi connectivity index (χ4n) is 8.30. The maximum Gasteiger partial charge on any atom is 2.00 e. The molecule has 4 bridgehead atoms. The summed E-state index contributed by atoms with van der Waals surface area (Å²) < 4.78 is 25.3. The van der Waals surface area contributed by atoms with Crippen molar-refractivity contribution in [3.63, 3.8) is 0 Å². The van der Waals surface area contributed by atoms with Crippen LogP contribution in [0.1, 0.15) is 186 Å². The summed E-state index contributed by atoms with van der Waals surface area (Å²) >= 11 is 0. The van der Waals surface area contributed by atoms with Crippen molar-refractivity contribution in [3.8, 4) is 0 Å². The summed E-state index contributed by atoms with van der Waals surface area (Å²) in [5.74, 6) is -1.45. The number of hydrogen-bond acceptors (Lipinski definition) is 8. The molecule has 4 atom stereocenters. The Balaban J connectivity index is 0.0000122. The first-order valence-corrected chi connectivity index (χ1v) is 25.9. The average molecular weight is 1070 g/mol. The molecule has 0 spiro atoms. The first-order valence-electron chi connectivity index (χ1n) is 25.9. The van der Waals surface area contributed by atoms with Gasteiger partial charge in [0.25, 0.3) is 0 Å². The summed E-state index contributed by atoms with van der Waals surface area (Å²) in [6.07, 6.45) is 15.5. The second kappa shape index (κ2) is 30.8. The van der Waals surface area contributed by atoms with E-state index in [4.69, 9.17) is 40.2 Å². The summed E-state index contributed by atoms with van der Waals surface area (Å²) in [6, 6.07) is 0. The molecule has 6 fully saturated rings. The van der Waals surface area contributed by atoms with Crippen LogP contribution in [0.3, 0.4) is 0 Å². The molecule has 4 amide bonds. The average Bonchev–Trinajstić information content (AvgIpc) is 3.22. The Kier molecular flexibility index (Phi) is 29.3. The fraction of sp³-hybridized carbons (Fsp3) is 0.923. The predicted molar refractivity (Wildman–Crippen MR) is 273 cm³/mol. The van der Waals surface area contributed by atoms with Gasteiger partial charge < -0.3 is 80.7 Å². The van der Waals surface area contributed by atoms with E-state index in [1.54, 1.807) is 27.7 Å². The van der Waals surface area contributed by atoms with Gasteiger partial charge in [-0.1, -0.05) is 132 Å². The van der Waals surface area contributed by atoms with E-state index in [9.17, 15) is 19.2 Å². The van der Waals surface area contributed by atoms with Gasteiger partial charge in [0, 0.05) is 26.4 Å². The minimum Gasteiger partial charge on any atom is -0.660 e. The third kappa shape index (κ3) is 24.3. The summed E-state index contributed by atoms with van der Waals surface area (Å²) in [4.78, 5) is 55.3. The Morgan fingerprint density at radius 1 is 0.271 bits per heavy atom. The van der Waals surface area contributed by atoms with Crippen molar-refractivity contribution in [1.29, 1.82) is 0 Å². The Bertz CT molecular complexity index is 1350. The zero-order valence-corrected chi connectivity index (χ0v) is 47.3. The molecule has 6 saturated heterocycles. The molecule has 0 aromatic heterocycles. The van der Waals surface area contributed by atoms with Crippen LogP contribution in [-0.4, -0.2) is 147 Å². The van der Waals surface area contributed by atoms with Crippen molar-refractivity contribution in [2.24, 2.45) is 0 Å². The van der Waals surface area contributed by atoms with E-state index in [1.165, 1.54) is 0 Å². The normalized spacial score (nSPS) is 32.4. The van der Waals surface area contributed by atoms with Crippen molar-refractivity contribution < 1.29 is 71.1 Å². The topological polar surface area (TPSA) is 218 Å². The zero-order valence-electron chi connectivity index (χ0n) is 45.3. The van der Waals surface area contributed by atoms with Crippen molar-refractivity contribution in [1.82, 2.24) is 0 Å². The molecule has 18 heteroatoms. The molecule has 412 valence electrons. The number of carbonyl (C=O) groups excluding carboxylic acids is 4. The van der Waals surface area contributed by atoms with Crippen LogP contribution >= 0.6 is 0 Å². The summed E-state index contributed by atoms with van der Waals surface area (Å²) in [5.41, 5.74) is -8.30. The number of ether oxygens (including phenoxy) is 4.